The van der Waals surface area contributed by atoms with Gasteiger partial charge in [0.15, 0.2) is 0 Å². The SMILES string of the molecule is COC(=O)c1cn(Cc2c(-c3ccc(Cl)cc3)nc3ccccn23)c2ccccc12. The van der Waals surface area contributed by atoms with Gasteiger partial charge >= 0.3 is 5.97 Å². The van der Waals surface area contributed by atoms with Gasteiger partial charge in [-0.05, 0) is 30.3 Å². The molecule has 3 aromatic heterocycles. The molecule has 0 saturated carbocycles. The first-order valence-electron chi connectivity index (χ1n) is 9.54. The average molecular weight is 416 g/mol. The summed E-state index contributed by atoms with van der Waals surface area (Å²) in [6.07, 6.45) is 3.86. The van der Waals surface area contributed by atoms with E-state index < -0.39 is 0 Å². The van der Waals surface area contributed by atoms with E-state index in [1.165, 1.54) is 7.11 Å². The van der Waals surface area contributed by atoms with E-state index in [0.717, 1.165) is 33.5 Å². The van der Waals surface area contributed by atoms with E-state index in [2.05, 4.69) is 8.97 Å². The second-order valence-electron chi connectivity index (χ2n) is 7.02. The third-order valence-corrected chi connectivity index (χ3v) is 5.51. The Morgan fingerprint density at radius 1 is 1.03 bits per heavy atom. The number of esters is 1. The fourth-order valence-corrected chi connectivity index (χ4v) is 3.97. The minimum absolute atomic E-state index is 0.346. The molecule has 0 fully saturated rings. The molecular weight excluding hydrogens is 398 g/mol. The van der Waals surface area contributed by atoms with Crippen molar-refractivity contribution >= 4 is 34.1 Å². The van der Waals surface area contributed by atoms with Crippen LogP contribution in [0, 0.1) is 0 Å². The summed E-state index contributed by atoms with van der Waals surface area (Å²) in [5.41, 5.74) is 5.27. The Kier molecular flexibility index (Phi) is 4.52. The topological polar surface area (TPSA) is 48.5 Å². The minimum atomic E-state index is -0.346. The largest absolute Gasteiger partial charge is 0.465 e. The number of rotatable bonds is 4. The normalized spacial score (nSPS) is 11.3. The molecular formula is C24H18ClN3O2. The molecule has 3 heterocycles. The quantitative estimate of drug-likeness (QED) is 0.367. The average Bonchev–Trinajstić information content (AvgIpc) is 3.33. The predicted octanol–water partition coefficient (Wildman–Crippen LogP) is 5.44. The fraction of sp³-hybridized carbons (Fsp3) is 0.0833. The van der Waals surface area contributed by atoms with Crippen molar-refractivity contribution in [3.8, 4) is 11.3 Å². The Balaban J connectivity index is 1.70. The molecule has 6 heteroatoms. The number of hydrogen-bond donors (Lipinski definition) is 0. The first-order valence-corrected chi connectivity index (χ1v) is 9.91. The van der Waals surface area contributed by atoms with Gasteiger partial charge in [0.05, 0.1) is 30.6 Å². The fourth-order valence-electron chi connectivity index (χ4n) is 3.85. The van der Waals surface area contributed by atoms with Crippen LogP contribution in [0.3, 0.4) is 0 Å². The van der Waals surface area contributed by atoms with Crippen LogP contribution in [0.25, 0.3) is 27.8 Å². The molecule has 0 N–H and O–H groups in total. The Labute approximate surface area is 178 Å². The summed E-state index contributed by atoms with van der Waals surface area (Å²) < 4.78 is 9.13. The summed E-state index contributed by atoms with van der Waals surface area (Å²) in [6, 6.07) is 21.4. The van der Waals surface area contributed by atoms with Gasteiger partial charge in [-0.3, -0.25) is 0 Å². The monoisotopic (exact) mass is 415 g/mol. The van der Waals surface area contributed by atoms with Crippen molar-refractivity contribution in [1.29, 1.82) is 0 Å². The van der Waals surface area contributed by atoms with Crippen LogP contribution in [-0.2, 0) is 11.3 Å². The molecule has 0 unspecified atom stereocenters. The van der Waals surface area contributed by atoms with Crippen molar-refractivity contribution in [2.45, 2.75) is 6.54 Å². The van der Waals surface area contributed by atoms with E-state index in [1.807, 2.05) is 79.1 Å². The molecule has 0 radical (unpaired) electrons. The van der Waals surface area contributed by atoms with Crippen LogP contribution in [0.2, 0.25) is 5.02 Å². The van der Waals surface area contributed by atoms with Gasteiger partial charge in [-0.25, -0.2) is 9.78 Å². The molecule has 5 nitrogen and oxygen atoms in total. The minimum Gasteiger partial charge on any atom is -0.465 e. The highest BCUT2D eigenvalue weighted by Crippen LogP contribution is 2.29. The Hall–Kier alpha value is -3.57. The predicted molar refractivity (Wildman–Crippen MR) is 118 cm³/mol. The highest BCUT2D eigenvalue weighted by molar-refractivity contribution is 6.30. The van der Waals surface area contributed by atoms with Crippen LogP contribution < -0.4 is 0 Å². The second-order valence-corrected chi connectivity index (χ2v) is 7.46. The van der Waals surface area contributed by atoms with Gasteiger partial charge in [0.1, 0.15) is 5.65 Å². The number of fused-ring (bicyclic) bond motifs is 2. The zero-order valence-electron chi connectivity index (χ0n) is 16.2. The molecule has 2 aromatic carbocycles. The summed E-state index contributed by atoms with van der Waals surface area (Å²) in [6.45, 7) is 0.542. The summed E-state index contributed by atoms with van der Waals surface area (Å²) >= 11 is 6.09. The smallest absolute Gasteiger partial charge is 0.340 e. The first-order chi connectivity index (χ1) is 14.7. The van der Waals surface area contributed by atoms with E-state index in [4.69, 9.17) is 21.3 Å². The molecule has 0 spiro atoms. The standard InChI is InChI=1S/C24H18ClN3O2/c1-30-24(29)19-14-27(20-7-3-2-6-18(19)20)15-21-23(16-9-11-17(25)12-10-16)26-22-8-4-5-13-28(21)22/h2-14H,15H2,1H3. The summed E-state index contributed by atoms with van der Waals surface area (Å²) in [5, 5.41) is 1.55. The number of aromatic nitrogens is 3. The molecule has 0 aliphatic heterocycles. The van der Waals surface area contributed by atoms with Crippen molar-refractivity contribution in [3.05, 3.63) is 95.4 Å². The van der Waals surface area contributed by atoms with Gasteiger partial charge in [0.25, 0.3) is 0 Å². The van der Waals surface area contributed by atoms with Gasteiger partial charge in [-0.15, -0.1) is 0 Å². The lowest BCUT2D eigenvalue weighted by atomic mass is 10.1. The molecule has 5 aromatic rings. The molecule has 0 bridgehead atoms. The molecule has 0 saturated heterocycles. The summed E-state index contributed by atoms with van der Waals surface area (Å²) in [7, 11) is 1.40. The number of hydrogen-bond acceptors (Lipinski definition) is 3. The second kappa shape index (κ2) is 7.35. The summed E-state index contributed by atoms with van der Waals surface area (Å²) in [5.74, 6) is -0.346. The van der Waals surface area contributed by atoms with E-state index in [9.17, 15) is 4.79 Å². The number of methoxy groups -OCH3 is 1. The number of carbonyl (C=O) groups is 1. The number of para-hydroxylation sites is 1. The Morgan fingerprint density at radius 2 is 1.80 bits per heavy atom. The van der Waals surface area contributed by atoms with E-state index in [1.54, 1.807) is 0 Å². The maximum atomic E-state index is 12.3. The third-order valence-electron chi connectivity index (χ3n) is 5.26. The molecule has 0 aliphatic rings. The lowest BCUT2D eigenvalue weighted by Crippen LogP contribution is -2.04. The van der Waals surface area contributed by atoms with Gasteiger partial charge in [-0.1, -0.05) is 48.0 Å². The molecule has 30 heavy (non-hydrogen) atoms. The lowest BCUT2D eigenvalue weighted by Gasteiger charge is -2.09. The van der Waals surface area contributed by atoms with Gasteiger partial charge in [0.2, 0.25) is 0 Å². The van der Waals surface area contributed by atoms with Crippen molar-refractivity contribution in [3.63, 3.8) is 0 Å². The highest BCUT2D eigenvalue weighted by atomic mass is 35.5. The van der Waals surface area contributed by atoms with Crippen LogP contribution in [-0.4, -0.2) is 27.0 Å². The lowest BCUT2D eigenvalue weighted by molar-refractivity contribution is 0.0602. The first kappa shape index (κ1) is 18.5. The van der Waals surface area contributed by atoms with E-state index in [0.29, 0.717) is 17.1 Å². The van der Waals surface area contributed by atoms with Gasteiger partial charge in [-0.2, -0.15) is 0 Å². The number of halogens is 1. The van der Waals surface area contributed by atoms with Crippen molar-refractivity contribution in [2.75, 3.05) is 7.11 Å². The molecule has 5 rings (SSSR count). The third kappa shape index (κ3) is 3.04. The van der Waals surface area contributed by atoms with E-state index >= 15 is 0 Å². The van der Waals surface area contributed by atoms with Crippen molar-refractivity contribution in [1.82, 2.24) is 14.0 Å². The maximum absolute atomic E-state index is 12.3. The number of imidazole rings is 1. The van der Waals surface area contributed by atoms with Gasteiger partial charge in [0, 0.05) is 33.9 Å². The Bertz CT molecular complexity index is 1380. The zero-order valence-corrected chi connectivity index (χ0v) is 17.0. The van der Waals surface area contributed by atoms with Crippen LogP contribution in [0.4, 0.5) is 0 Å². The van der Waals surface area contributed by atoms with Gasteiger partial charge < -0.3 is 13.7 Å². The van der Waals surface area contributed by atoms with Crippen LogP contribution in [0.1, 0.15) is 16.1 Å². The van der Waals surface area contributed by atoms with Crippen LogP contribution in [0.15, 0.2) is 79.1 Å². The molecule has 0 amide bonds. The molecule has 0 atom stereocenters. The molecule has 148 valence electrons. The number of pyridine rings is 1. The summed E-state index contributed by atoms with van der Waals surface area (Å²) in [4.78, 5) is 17.2. The van der Waals surface area contributed by atoms with Crippen molar-refractivity contribution in [2.24, 2.45) is 0 Å². The number of nitrogens with zero attached hydrogens (tertiary/aromatic N) is 3. The maximum Gasteiger partial charge on any atom is 0.340 e. The highest BCUT2D eigenvalue weighted by Gasteiger charge is 2.19. The Morgan fingerprint density at radius 3 is 2.60 bits per heavy atom. The van der Waals surface area contributed by atoms with Crippen LogP contribution >= 0.6 is 11.6 Å². The number of benzene rings is 2. The molecule has 0 aliphatic carbocycles. The number of ether oxygens (including phenoxy) is 1. The van der Waals surface area contributed by atoms with E-state index in [-0.39, 0.29) is 5.97 Å². The zero-order chi connectivity index (χ0) is 20.7. The van der Waals surface area contributed by atoms with Crippen molar-refractivity contribution < 1.29 is 9.53 Å². The number of carbonyl (C=O) groups excluding carboxylic acids is 1. The van der Waals surface area contributed by atoms with Crippen LogP contribution in [0.5, 0.6) is 0 Å².